The first kappa shape index (κ1) is 16.1. The Kier molecular flexibility index (Phi) is 5.20. The standard InChI is InChI=1S/C11H10ClF3N2O3/c1-20-10(19)16-5-9(18)17-6-2-3-8(12)7(4-6)11(13,14)15/h2-4H,5H2,1H3,(H,16,19)(H,17,18). The molecule has 0 fully saturated rings. The molecule has 0 saturated carbocycles. The van der Waals surface area contributed by atoms with Gasteiger partial charge < -0.3 is 15.4 Å². The lowest BCUT2D eigenvalue weighted by molar-refractivity contribution is -0.137. The molecule has 1 aromatic rings. The van der Waals surface area contributed by atoms with Crippen LogP contribution in [0.5, 0.6) is 0 Å². The fourth-order valence-electron chi connectivity index (χ4n) is 1.25. The Hall–Kier alpha value is -1.96. The number of nitrogens with one attached hydrogen (secondary N) is 2. The molecule has 0 aromatic heterocycles. The van der Waals surface area contributed by atoms with Gasteiger partial charge >= 0.3 is 12.3 Å². The minimum atomic E-state index is -4.62. The number of benzene rings is 1. The fraction of sp³-hybridized carbons (Fsp3) is 0.273. The summed E-state index contributed by atoms with van der Waals surface area (Å²) in [5.41, 5.74) is -1.14. The summed E-state index contributed by atoms with van der Waals surface area (Å²) in [6.07, 6.45) is -5.45. The predicted octanol–water partition coefficient (Wildman–Crippen LogP) is 2.65. The molecule has 0 atom stereocenters. The van der Waals surface area contributed by atoms with Crippen LogP contribution in [0.1, 0.15) is 5.56 Å². The molecule has 0 heterocycles. The van der Waals surface area contributed by atoms with Crippen molar-refractivity contribution in [3.8, 4) is 0 Å². The normalized spacial score (nSPS) is 10.8. The minimum absolute atomic E-state index is 0.0848. The Morgan fingerprint density at radius 2 is 2.00 bits per heavy atom. The van der Waals surface area contributed by atoms with Crippen LogP contribution in [0, 0.1) is 0 Å². The Morgan fingerprint density at radius 1 is 1.35 bits per heavy atom. The molecule has 5 nitrogen and oxygen atoms in total. The molecule has 0 spiro atoms. The van der Waals surface area contributed by atoms with Gasteiger partial charge in [0, 0.05) is 5.69 Å². The lowest BCUT2D eigenvalue weighted by Crippen LogP contribution is -2.32. The van der Waals surface area contributed by atoms with Gasteiger partial charge in [0.1, 0.15) is 6.54 Å². The predicted molar refractivity (Wildman–Crippen MR) is 65.5 cm³/mol. The molecule has 0 aliphatic carbocycles. The summed E-state index contributed by atoms with van der Waals surface area (Å²) in [5, 5.41) is 3.81. The van der Waals surface area contributed by atoms with Crippen molar-refractivity contribution in [1.82, 2.24) is 5.32 Å². The summed E-state index contributed by atoms with van der Waals surface area (Å²) in [6, 6.07) is 2.94. The number of alkyl halides is 3. The van der Waals surface area contributed by atoms with Gasteiger partial charge in [-0.15, -0.1) is 0 Å². The fourth-order valence-corrected chi connectivity index (χ4v) is 1.47. The molecule has 0 bridgehead atoms. The van der Waals surface area contributed by atoms with Crippen molar-refractivity contribution in [2.45, 2.75) is 6.18 Å². The average Bonchev–Trinajstić information content (AvgIpc) is 2.37. The first-order valence-electron chi connectivity index (χ1n) is 5.22. The van der Waals surface area contributed by atoms with Gasteiger partial charge in [-0.25, -0.2) is 4.79 Å². The summed E-state index contributed by atoms with van der Waals surface area (Å²) >= 11 is 5.43. The van der Waals surface area contributed by atoms with Gasteiger partial charge in [0.15, 0.2) is 0 Å². The molecule has 0 saturated heterocycles. The number of ether oxygens (including phenoxy) is 1. The average molecular weight is 311 g/mol. The maximum atomic E-state index is 12.6. The molecule has 20 heavy (non-hydrogen) atoms. The molecule has 2 N–H and O–H groups in total. The van der Waals surface area contributed by atoms with Crippen molar-refractivity contribution in [3.63, 3.8) is 0 Å². The molecule has 0 aliphatic heterocycles. The van der Waals surface area contributed by atoms with Gasteiger partial charge in [0.2, 0.25) is 5.91 Å². The first-order chi connectivity index (χ1) is 9.24. The maximum absolute atomic E-state index is 12.6. The Balaban J connectivity index is 2.74. The number of hydrogen-bond acceptors (Lipinski definition) is 3. The largest absolute Gasteiger partial charge is 0.453 e. The summed E-state index contributed by atoms with van der Waals surface area (Å²) in [7, 11) is 1.11. The van der Waals surface area contributed by atoms with E-state index >= 15 is 0 Å². The summed E-state index contributed by atoms with van der Waals surface area (Å²) in [6.45, 7) is -0.434. The van der Waals surface area contributed by atoms with Gasteiger partial charge in [0.25, 0.3) is 0 Å². The second kappa shape index (κ2) is 6.47. The zero-order valence-corrected chi connectivity index (χ0v) is 10.9. The summed E-state index contributed by atoms with van der Waals surface area (Å²) < 4.78 is 42.0. The molecule has 110 valence electrons. The highest BCUT2D eigenvalue weighted by atomic mass is 35.5. The lowest BCUT2D eigenvalue weighted by atomic mass is 10.2. The third-order valence-electron chi connectivity index (χ3n) is 2.13. The van der Waals surface area contributed by atoms with E-state index in [9.17, 15) is 22.8 Å². The molecule has 9 heteroatoms. The zero-order chi connectivity index (χ0) is 15.3. The van der Waals surface area contributed by atoms with Gasteiger partial charge in [-0.2, -0.15) is 13.2 Å². The molecule has 2 amide bonds. The van der Waals surface area contributed by atoms with Crippen LogP contribution in [0.25, 0.3) is 0 Å². The van der Waals surface area contributed by atoms with Crippen LogP contribution in [-0.2, 0) is 15.7 Å². The second-order valence-electron chi connectivity index (χ2n) is 3.59. The van der Waals surface area contributed by atoms with E-state index in [-0.39, 0.29) is 5.69 Å². The van der Waals surface area contributed by atoms with Gasteiger partial charge in [-0.05, 0) is 18.2 Å². The third-order valence-corrected chi connectivity index (χ3v) is 2.46. The van der Waals surface area contributed by atoms with Crippen LogP contribution in [0.15, 0.2) is 18.2 Å². The monoisotopic (exact) mass is 310 g/mol. The molecule has 0 radical (unpaired) electrons. The number of methoxy groups -OCH3 is 1. The Bertz CT molecular complexity index is 520. The molecular weight excluding hydrogens is 301 g/mol. The number of anilines is 1. The van der Waals surface area contributed by atoms with Crippen LogP contribution in [0.4, 0.5) is 23.7 Å². The topological polar surface area (TPSA) is 67.4 Å². The number of halogens is 4. The third kappa shape index (κ3) is 4.61. The van der Waals surface area contributed by atoms with E-state index < -0.39 is 35.3 Å². The van der Waals surface area contributed by atoms with E-state index in [1.54, 1.807) is 0 Å². The van der Waals surface area contributed by atoms with Crippen molar-refractivity contribution < 1.29 is 27.5 Å². The minimum Gasteiger partial charge on any atom is -0.453 e. The van der Waals surface area contributed by atoms with E-state index in [1.165, 1.54) is 6.07 Å². The summed E-state index contributed by atoms with van der Waals surface area (Å²) in [4.78, 5) is 22.1. The zero-order valence-electron chi connectivity index (χ0n) is 10.2. The van der Waals surface area contributed by atoms with Gasteiger partial charge in [0.05, 0.1) is 17.7 Å². The molecule has 0 unspecified atom stereocenters. The van der Waals surface area contributed by atoms with Gasteiger partial charge in [-0.1, -0.05) is 11.6 Å². The van der Waals surface area contributed by atoms with Crippen molar-refractivity contribution in [3.05, 3.63) is 28.8 Å². The van der Waals surface area contributed by atoms with Crippen molar-refractivity contribution in [1.29, 1.82) is 0 Å². The van der Waals surface area contributed by atoms with Crippen LogP contribution in [0.3, 0.4) is 0 Å². The highest BCUT2D eigenvalue weighted by Crippen LogP contribution is 2.36. The Morgan fingerprint density at radius 3 is 2.55 bits per heavy atom. The number of amides is 2. The van der Waals surface area contributed by atoms with E-state index in [0.717, 1.165) is 13.2 Å². The van der Waals surface area contributed by atoms with Crippen molar-refractivity contribution >= 4 is 29.3 Å². The van der Waals surface area contributed by atoms with Crippen LogP contribution in [-0.4, -0.2) is 25.7 Å². The first-order valence-corrected chi connectivity index (χ1v) is 5.60. The van der Waals surface area contributed by atoms with Crippen LogP contribution < -0.4 is 10.6 Å². The van der Waals surface area contributed by atoms with E-state index in [1.807, 2.05) is 0 Å². The molecule has 1 rings (SSSR count). The second-order valence-corrected chi connectivity index (χ2v) is 3.99. The number of rotatable bonds is 3. The molecular formula is C11H10ClF3N2O3. The smallest absolute Gasteiger partial charge is 0.417 e. The number of carbonyl (C=O) groups is 2. The number of carbonyl (C=O) groups excluding carboxylic acids is 2. The maximum Gasteiger partial charge on any atom is 0.417 e. The van der Waals surface area contributed by atoms with E-state index in [2.05, 4.69) is 15.4 Å². The number of hydrogen-bond donors (Lipinski definition) is 2. The van der Waals surface area contributed by atoms with Crippen molar-refractivity contribution in [2.75, 3.05) is 19.0 Å². The van der Waals surface area contributed by atoms with Gasteiger partial charge in [-0.3, -0.25) is 4.79 Å². The SMILES string of the molecule is COC(=O)NCC(=O)Nc1ccc(Cl)c(C(F)(F)F)c1. The quantitative estimate of drug-likeness (QED) is 0.902. The molecule has 0 aliphatic rings. The van der Waals surface area contributed by atoms with E-state index in [4.69, 9.17) is 11.6 Å². The molecule has 1 aromatic carbocycles. The summed E-state index contributed by atoms with van der Waals surface area (Å²) in [5.74, 6) is -0.703. The highest BCUT2D eigenvalue weighted by molar-refractivity contribution is 6.31. The van der Waals surface area contributed by atoms with Crippen LogP contribution >= 0.6 is 11.6 Å². The van der Waals surface area contributed by atoms with E-state index in [0.29, 0.717) is 6.07 Å². The van der Waals surface area contributed by atoms with Crippen LogP contribution in [0.2, 0.25) is 5.02 Å². The lowest BCUT2D eigenvalue weighted by Gasteiger charge is -2.11. The van der Waals surface area contributed by atoms with Crippen molar-refractivity contribution in [2.24, 2.45) is 0 Å². The Labute approximate surface area is 117 Å². The number of alkyl carbamates (subject to hydrolysis) is 1. The highest BCUT2D eigenvalue weighted by Gasteiger charge is 2.33.